The van der Waals surface area contributed by atoms with Crippen LogP contribution in [0.3, 0.4) is 0 Å². The number of carbonyl (C=O) groups is 1. The van der Waals surface area contributed by atoms with Crippen LogP contribution < -0.4 is 0 Å². The van der Waals surface area contributed by atoms with Crippen molar-refractivity contribution >= 4 is 39.3 Å². The molecular formula is C25H29ClF2N6O6S. The van der Waals surface area contributed by atoms with E-state index in [-0.39, 0.29) is 39.0 Å². The van der Waals surface area contributed by atoms with E-state index in [0.29, 0.717) is 6.29 Å². The van der Waals surface area contributed by atoms with Crippen LogP contribution in [0.4, 0.5) is 8.78 Å². The van der Waals surface area contributed by atoms with Gasteiger partial charge in [-0.3, -0.25) is 9.79 Å². The third kappa shape index (κ3) is 8.93. The molecule has 41 heavy (non-hydrogen) atoms. The van der Waals surface area contributed by atoms with E-state index >= 15 is 8.78 Å². The van der Waals surface area contributed by atoms with Gasteiger partial charge in [0.25, 0.3) is 0 Å². The lowest BCUT2D eigenvalue weighted by Gasteiger charge is -2.18. The van der Waals surface area contributed by atoms with Crippen molar-refractivity contribution in [1.82, 2.24) is 19.9 Å². The van der Waals surface area contributed by atoms with E-state index in [0.717, 1.165) is 24.7 Å². The van der Waals surface area contributed by atoms with Crippen LogP contribution in [-0.2, 0) is 27.1 Å². The first kappa shape index (κ1) is 33.6. The van der Waals surface area contributed by atoms with Gasteiger partial charge in [-0.1, -0.05) is 35.5 Å². The number of allylic oxidation sites excluding steroid dienone is 4. The summed E-state index contributed by atoms with van der Waals surface area (Å²) in [5.74, 6) is -2.65. The fraction of sp³-hybridized carbons (Fsp3) is 0.320. The van der Waals surface area contributed by atoms with E-state index in [4.69, 9.17) is 11.6 Å². The van der Waals surface area contributed by atoms with Crippen molar-refractivity contribution in [3.63, 3.8) is 0 Å². The van der Waals surface area contributed by atoms with Gasteiger partial charge in [0.2, 0.25) is 0 Å². The summed E-state index contributed by atoms with van der Waals surface area (Å²) in [4.78, 5) is 20.6. The van der Waals surface area contributed by atoms with Crippen LogP contribution in [0.1, 0.15) is 32.0 Å². The zero-order chi connectivity index (χ0) is 31.1. The van der Waals surface area contributed by atoms with Crippen molar-refractivity contribution in [3.8, 4) is 0 Å². The number of sulfone groups is 1. The van der Waals surface area contributed by atoms with Gasteiger partial charge in [0.1, 0.15) is 21.5 Å². The molecule has 0 bridgehead atoms. The van der Waals surface area contributed by atoms with Crippen molar-refractivity contribution in [2.24, 2.45) is 15.9 Å². The summed E-state index contributed by atoms with van der Waals surface area (Å²) in [5.41, 5.74) is -0.585. The highest BCUT2D eigenvalue weighted by Gasteiger charge is 2.26. The standard InChI is InChI=1S/C25H29ClF2N6O6S/c1-6-10-29-24(18-8-7-9-21(22(18)28)41(5,39)40)20(27)13-33(4)16(3)31-23(19(26)14-35)15(2)11-17-12-30-34(32-17)25(36,37)38/h6-10,12-15,36-38H,11H2,1-5H3/b10-6+,20-13-,23-19+,29-24+,31-16?. The first-order valence-corrected chi connectivity index (χ1v) is 14.1. The van der Waals surface area contributed by atoms with Gasteiger partial charge < -0.3 is 20.2 Å². The minimum absolute atomic E-state index is 0.0519. The fourth-order valence-corrected chi connectivity index (χ4v) is 4.36. The Morgan fingerprint density at radius 3 is 2.51 bits per heavy atom. The number of aliphatic hydroxyl groups is 3. The predicted octanol–water partition coefficient (Wildman–Crippen LogP) is 2.38. The predicted molar refractivity (Wildman–Crippen MR) is 147 cm³/mol. The highest BCUT2D eigenvalue weighted by atomic mass is 35.5. The third-order valence-electron chi connectivity index (χ3n) is 5.43. The Hall–Kier alpha value is -3.63. The Morgan fingerprint density at radius 1 is 1.32 bits per heavy atom. The molecule has 12 nitrogen and oxygen atoms in total. The maximum absolute atomic E-state index is 15.5. The van der Waals surface area contributed by atoms with Crippen LogP contribution in [0.5, 0.6) is 0 Å². The van der Waals surface area contributed by atoms with Gasteiger partial charge in [-0.05, 0) is 26.0 Å². The number of benzene rings is 1. The fourth-order valence-electron chi connectivity index (χ4n) is 3.37. The van der Waals surface area contributed by atoms with E-state index in [1.165, 1.54) is 43.3 Å². The van der Waals surface area contributed by atoms with E-state index in [1.54, 1.807) is 13.8 Å². The smallest absolute Gasteiger partial charge is 0.337 e. The summed E-state index contributed by atoms with van der Waals surface area (Å²) in [5, 5.41) is 34.6. The molecule has 2 rings (SSSR count). The summed E-state index contributed by atoms with van der Waals surface area (Å²) in [6.45, 7) is 4.72. The maximum atomic E-state index is 15.5. The van der Waals surface area contributed by atoms with Crippen molar-refractivity contribution in [3.05, 3.63) is 76.5 Å². The number of aromatic nitrogens is 3. The molecule has 0 amide bonds. The van der Waals surface area contributed by atoms with Crippen molar-refractivity contribution in [2.75, 3.05) is 13.3 Å². The van der Waals surface area contributed by atoms with Gasteiger partial charge in [-0.2, -0.15) is 10.2 Å². The molecule has 1 atom stereocenters. The van der Waals surface area contributed by atoms with Crippen LogP contribution in [-0.4, -0.2) is 74.8 Å². The van der Waals surface area contributed by atoms with Crippen LogP contribution in [0.25, 0.3) is 0 Å². The van der Waals surface area contributed by atoms with Gasteiger partial charge in [0.05, 0.1) is 17.6 Å². The molecule has 3 N–H and O–H groups in total. The molecule has 16 heteroatoms. The highest BCUT2D eigenvalue weighted by molar-refractivity contribution is 7.90. The van der Waals surface area contributed by atoms with Crippen LogP contribution >= 0.6 is 11.6 Å². The molecule has 222 valence electrons. The lowest BCUT2D eigenvalue weighted by atomic mass is 10.0. The molecule has 0 fully saturated rings. The number of aldehydes is 1. The van der Waals surface area contributed by atoms with Crippen molar-refractivity contribution < 1.29 is 37.3 Å². The zero-order valence-corrected chi connectivity index (χ0v) is 24.3. The number of halogens is 3. The Morgan fingerprint density at radius 2 is 1.98 bits per heavy atom. The number of aliphatic imine (C=N–C) groups is 2. The summed E-state index contributed by atoms with van der Waals surface area (Å²) >= 11 is 6.10. The monoisotopic (exact) mass is 614 g/mol. The minimum atomic E-state index is -3.95. The minimum Gasteiger partial charge on any atom is -0.337 e. The largest absolute Gasteiger partial charge is 0.405 e. The topological polar surface area (TPSA) is 171 Å². The molecule has 0 spiro atoms. The van der Waals surface area contributed by atoms with Crippen LogP contribution in [0.2, 0.25) is 0 Å². The van der Waals surface area contributed by atoms with Crippen molar-refractivity contribution in [2.45, 2.75) is 38.2 Å². The van der Waals surface area contributed by atoms with E-state index in [1.807, 2.05) is 0 Å². The van der Waals surface area contributed by atoms with Gasteiger partial charge in [0, 0.05) is 43.6 Å². The molecular weight excluding hydrogens is 586 g/mol. The van der Waals surface area contributed by atoms with Gasteiger partial charge >= 0.3 is 6.10 Å². The van der Waals surface area contributed by atoms with Gasteiger partial charge in [0.15, 0.2) is 27.8 Å². The SMILES string of the molecule is C/C=C/N=C(/C(F)=C/N(C)C(C)=N/C(=C(/Cl)C=O)C(C)Cc1cnn(C(O)(O)O)n1)c1cccc(S(C)(=O)=O)c1F. The molecule has 0 saturated carbocycles. The Kier molecular flexibility index (Phi) is 11.3. The molecule has 0 radical (unpaired) electrons. The van der Waals surface area contributed by atoms with Crippen molar-refractivity contribution in [1.29, 1.82) is 0 Å². The molecule has 1 aromatic heterocycles. The second kappa shape index (κ2) is 13.8. The second-order valence-electron chi connectivity index (χ2n) is 8.78. The summed E-state index contributed by atoms with van der Waals surface area (Å²) in [7, 11) is -2.53. The molecule has 0 saturated heterocycles. The number of hydrogen-bond donors (Lipinski definition) is 3. The maximum Gasteiger partial charge on any atom is 0.405 e. The molecule has 1 aromatic carbocycles. The first-order valence-electron chi connectivity index (χ1n) is 11.8. The van der Waals surface area contributed by atoms with Gasteiger partial charge in [-0.15, -0.1) is 0 Å². The Balaban J connectivity index is 2.46. The lowest BCUT2D eigenvalue weighted by molar-refractivity contribution is -0.387. The number of hydrogen-bond acceptors (Lipinski definition) is 10. The normalized spacial score (nSPS) is 15.2. The second-order valence-corrected chi connectivity index (χ2v) is 11.2. The number of amidine groups is 1. The first-order chi connectivity index (χ1) is 19.0. The molecule has 2 aromatic rings. The van der Waals surface area contributed by atoms with E-state index in [9.17, 15) is 28.5 Å². The zero-order valence-electron chi connectivity index (χ0n) is 22.7. The number of carbonyl (C=O) groups excluding carboxylic acids is 1. The third-order valence-corrected chi connectivity index (χ3v) is 6.83. The summed E-state index contributed by atoms with van der Waals surface area (Å²) < 4.78 is 54.6. The Bertz CT molecular complexity index is 1540. The summed E-state index contributed by atoms with van der Waals surface area (Å²) in [6.07, 6.45) is 2.72. The lowest BCUT2D eigenvalue weighted by Crippen LogP contribution is -2.34. The average molecular weight is 615 g/mol. The van der Waals surface area contributed by atoms with Gasteiger partial charge in [-0.25, -0.2) is 22.2 Å². The Labute approximate surface area is 240 Å². The molecule has 0 aliphatic rings. The number of rotatable bonds is 11. The molecule has 1 heterocycles. The molecule has 0 aliphatic heterocycles. The average Bonchev–Trinajstić information content (AvgIpc) is 3.36. The van der Waals surface area contributed by atoms with Crippen LogP contribution in [0, 0.1) is 11.7 Å². The molecule has 1 unspecified atom stereocenters. The summed E-state index contributed by atoms with van der Waals surface area (Å²) in [6, 6.07) is 3.52. The number of nitrogens with zero attached hydrogens (tertiary/aromatic N) is 6. The molecule has 0 aliphatic carbocycles. The van der Waals surface area contributed by atoms with Crippen LogP contribution in [0.15, 0.2) is 74.3 Å². The van der Waals surface area contributed by atoms with E-state index in [2.05, 4.69) is 20.2 Å². The quantitative estimate of drug-likeness (QED) is 0.113. The van der Waals surface area contributed by atoms with E-state index < -0.39 is 44.1 Å². The highest BCUT2D eigenvalue weighted by Crippen LogP contribution is 2.24.